The molecule has 4 nitrogen and oxygen atoms in total. The van der Waals surface area contributed by atoms with Gasteiger partial charge in [-0.1, -0.05) is 0 Å². The van der Waals surface area contributed by atoms with Gasteiger partial charge in [0.2, 0.25) is 5.89 Å². The Kier molecular flexibility index (Phi) is 2.69. The van der Waals surface area contributed by atoms with Gasteiger partial charge in [0, 0.05) is 12.6 Å². The Morgan fingerprint density at radius 1 is 1.50 bits per heavy atom. The fourth-order valence-corrected chi connectivity index (χ4v) is 2.90. The molecule has 4 heterocycles. The molecule has 1 N–H and O–H groups in total. The number of nitrogens with one attached hydrogen (secondary N) is 1. The zero-order chi connectivity index (χ0) is 11.0. The van der Waals surface area contributed by atoms with Gasteiger partial charge in [-0.3, -0.25) is 0 Å². The third-order valence-corrected chi connectivity index (χ3v) is 3.84. The van der Waals surface area contributed by atoms with E-state index >= 15 is 0 Å². The standard InChI is InChI=1S/C12H19N3O/c1-9-6-14-12(16-9)7-13-11-8-15-4-2-10(11)3-5-15/h6,10-11,13H,2-5,7-8H2,1H3. The predicted molar refractivity (Wildman–Crippen MR) is 61.0 cm³/mol. The van der Waals surface area contributed by atoms with Crippen molar-refractivity contribution >= 4 is 0 Å². The van der Waals surface area contributed by atoms with Gasteiger partial charge in [0.1, 0.15) is 5.76 Å². The molecule has 0 aliphatic carbocycles. The zero-order valence-corrected chi connectivity index (χ0v) is 9.78. The van der Waals surface area contributed by atoms with Crippen molar-refractivity contribution in [3.63, 3.8) is 0 Å². The van der Waals surface area contributed by atoms with E-state index in [4.69, 9.17) is 4.42 Å². The van der Waals surface area contributed by atoms with Crippen molar-refractivity contribution in [1.82, 2.24) is 15.2 Å². The van der Waals surface area contributed by atoms with Gasteiger partial charge >= 0.3 is 0 Å². The number of rotatable bonds is 3. The number of oxazole rings is 1. The summed E-state index contributed by atoms with van der Waals surface area (Å²) >= 11 is 0. The smallest absolute Gasteiger partial charge is 0.208 e. The molecule has 4 rings (SSSR count). The number of nitrogens with zero attached hydrogens (tertiary/aromatic N) is 2. The molecule has 3 aliphatic rings. The van der Waals surface area contributed by atoms with E-state index < -0.39 is 0 Å². The largest absolute Gasteiger partial charge is 0.445 e. The first-order valence-corrected chi connectivity index (χ1v) is 6.18. The van der Waals surface area contributed by atoms with Crippen molar-refractivity contribution in [1.29, 1.82) is 0 Å². The van der Waals surface area contributed by atoms with Crippen LogP contribution in [0.5, 0.6) is 0 Å². The number of piperidine rings is 3. The number of fused-ring (bicyclic) bond motifs is 3. The van der Waals surface area contributed by atoms with E-state index in [9.17, 15) is 0 Å². The van der Waals surface area contributed by atoms with Crippen molar-refractivity contribution in [2.75, 3.05) is 19.6 Å². The van der Waals surface area contributed by atoms with Crippen molar-refractivity contribution in [3.8, 4) is 0 Å². The molecule has 0 amide bonds. The zero-order valence-electron chi connectivity index (χ0n) is 9.78. The maximum Gasteiger partial charge on any atom is 0.208 e. The minimum absolute atomic E-state index is 0.634. The van der Waals surface area contributed by atoms with Crippen LogP contribution in [0.1, 0.15) is 24.5 Å². The molecule has 0 radical (unpaired) electrons. The van der Waals surface area contributed by atoms with Crippen LogP contribution in [-0.2, 0) is 6.54 Å². The second-order valence-electron chi connectivity index (χ2n) is 4.99. The molecule has 0 saturated carbocycles. The van der Waals surface area contributed by atoms with Crippen molar-refractivity contribution in [3.05, 3.63) is 17.8 Å². The Morgan fingerprint density at radius 3 is 2.88 bits per heavy atom. The molecule has 16 heavy (non-hydrogen) atoms. The molecular formula is C12H19N3O. The molecule has 88 valence electrons. The van der Waals surface area contributed by atoms with Crippen molar-refractivity contribution in [2.24, 2.45) is 5.92 Å². The predicted octanol–water partition coefficient (Wildman–Crippen LogP) is 1.17. The van der Waals surface area contributed by atoms with Gasteiger partial charge in [0.15, 0.2) is 0 Å². The molecule has 0 spiro atoms. The first-order valence-electron chi connectivity index (χ1n) is 6.18. The molecule has 3 aliphatic heterocycles. The number of hydrogen-bond acceptors (Lipinski definition) is 4. The van der Waals surface area contributed by atoms with Gasteiger partial charge in [-0.15, -0.1) is 0 Å². The topological polar surface area (TPSA) is 41.3 Å². The normalized spacial score (nSPS) is 33.2. The molecule has 1 aromatic rings. The highest BCUT2D eigenvalue weighted by Crippen LogP contribution is 2.27. The summed E-state index contributed by atoms with van der Waals surface area (Å²) in [6.07, 6.45) is 4.48. The van der Waals surface area contributed by atoms with Gasteiger partial charge < -0.3 is 14.6 Å². The van der Waals surface area contributed by atoms with Gasteiger partial charge in [0.25, 0.3) is 0 Å². The lowest BCUT2D eigenvalue weighted by molar-refractivity contribution is 0.0708. The Morgan fingerprint density at radius 2 is 2.31 bits per heavy atom. The minimum Gasteiger partial charge on any atom is -0.445 e. The summed E-state index contributed by atoms with van der Waals surface area (Å²) in [6.45, 7) is 6.49. The van der Waals surface area contributed by atoms with Crippen LogP contribution in [0.3, 0.4) is 0 Å². The summed E-state index contributed by atoms with van der Waals surface area (Å²) in [5.41, 5.74) is 0. The average Bonchev–Trinajstić information content (AvgIpc) is 2.74. The van der Waals surface area contributed by atoms with Crippen molar-refractivity contribution in [2.45, 2.75) is 32.4 Å². The van der Waals surface area contributed by atoms with E-state index in [-0.39, 0.29) is 0 Å². The molecule has 4 heteroatoms. The van der Waals surface area contributed by atoms with Crippen LogP contribution >= 0.6 is 0 Å². The summed E-state index contributed by atoms with van der Waals surface area (Å²) in [5.74, 6) is 2.57. The van der Waals surface area contributed by atoms with E-state index in [1.54, 1.807) is 6.20 Å². The Labute approximate surface area is 96.0 Å². The summed E-state index contributed by atoms with van der Waals surface area (Å²) in [4.78, 5) is 6.77. The molecule has 0 aromatic carbocycles. The van der Waals surface area contributed by atoms with E-state index in [0.717, 1.165) is 24.1 Å². The third kappa shape index (κ3) is 1.99. The van der Waals surface area contributed by atoms with Gasteiger partial charge in [-0.05, 0) is 38.8 Å². The SMILES string of the molecule is Cc1cnc(CNC2CN3CCC2CC3)o1. The number of hydrogen-bond donors (Lipinski definition) is 1. The fraction of sp³-hybridized carbons (Fsp3) is 0.750. The lowest BCUT2D eigenvalue weighted by atomic mass is 9.84. The summed E-state index contributed by atoms with van der Waals surface area (Å²) in [7, 11) is 0. The molecule has 1 atom stereocenters. The Balaban J connectivity index is 1.55. The molecule has 1 aromatic heterocycles. The van der Waals surface area contributed by atoms with Crippen LogP contribution in [0.15, 0.2) is 10.6 Å². The highest BCUT2D eigenvalue weighted by Gasteiger charge is 2.33. The maximum absolute atomic E-state index is 5.47. The van der Waals surface area contributed by atoms with Gasteiger partial charge in [0.05, 0.1) is 12.7 Å². The van der Waals surface area contributed by atoms with Crippen LogP contribution < -0.4 is 5.32 Å². The lowest BCUT2D eigenvalue weighted by Crippen LogP contribution is -2.55. The van der Waals surface area contributed by atoms with Crippen LogP contribution in [0.4, 0.5) is 0 Å². The minimum atomic E-state index is 0.634. The van der Waals surface area contributed by atoms with Gasteiger partial charge in [-0.2, -0.15) is 0 Å². The molecule has 1 unspecified atom stereocenters. The average molecular weight is 221 g/mol. The van der Waals surface area contributed by atoms with E-state index in [2.05, 4.69) is 15.2 Å². The third-order valence-electron chi connectivity index (χ3n) is 3.84. The molecule has 3 saturated heterocycles. The maximum atomic E-state index is 5.47. The summed E-state index contributed by atoms with van der Waals surface area (Å²) < 4.78 is 5.47. The van der Waals surface area contributed by atoms with Crippen LogP contribution in [0, 0.1) is 12.8 Å². The molecule has 3 fully saturated rings. The van der Waals surface area contributed by atoms with E-state index in [0.29, 0.717) is 6.04 Å². The van der Waals surface area contributed by atoms with E-state index in [1.165, 1.54) is 32.5 Å². The highest BCUT2D eigenvalue weighted by atomic mass is 16.4. The first kappa shape index (κ1) is 10.3. The summed E-state index contributed by atoms with van der Waals surface area (Å²) in [5, 5.41) is 3.58. The monoisotopic (exact) mass is 221 g/mol. The molecular weight excluding hydrogens is 202 g/mol. The molecule has 2 bridgehead atoms. The fourth-order valence-electron chi connectivity index (χ4n) is 2.90. The summed E-state index contributed by atoms with van der Waals surface area (Å²) in [6, 6.07) is 0.634. The second-order valence-corrected chi connectivity index (χ2v) is 4.99. The van der Waals surface area contributed by atoms with Crippen molar-refractivity contribution < 1.29 is 4.42 Å². The van der Waals surface area contributed by atoms with Crippen LogP contribution in [0.25, 0.3) is 0 Å². The van der Waals surface area contributed by atoms with Crippen LogP contribution in [0.2, 0.25) is 0 Å². The number of aryl methyl sites for hydroxylation is 1. The quantitative estimate of drug-likeness (QED) is 0.832. The highest BCUT2D eigenvalue weighted by molar-refractivity contribution is 4.94. The lowest BCUT2D eigenvalue weighted by Gasteiger charge is -2.45. The van der Waals surface area contributed by atoms with E-state index in [1.807, 2.05) is 6.92 Å². The van der Waals surface area contributed by atoms with Crippen LogP contribution in [-0.4, -0.2) is 35.6 Å². The number of aromatic nitrogens is 1. The second kappa shape index (κ2) is 4.18. The Bertz CT molecular complexity index is 355. The van der Waals surface area contributed by atoms with Gasteiger partial charge in [-0.25, -0.2) is 4.98 Å². The first-order chi connectivity index (χ1) is 7.81. The Hall–Kier alpha value is -0.870.